The van der Waals surface area contributed by atoms with E-state index in [1.807, 2.05) is 0 Å². The van der Waals surface area contributed by atoms with Crippen LogP contribution in [0.5, 0.6) is 0 Å². The molecular weight excluding hydrogens is 456 g/mol. The zero-order chi connectivity index (χ0) is 26.1. The molecule has 4 aromatic rings. The Morgan fingerprint density at radius 2 is 1.11 bits per heavy atom. The summed E-state index contributed by atoms with van der Waals surface area (Å²) in [4.78, 5) is 0. The van der Waals surface area contributed by atoms with E-state index in [9.17, 15) is 0 Å². The second kappa shape index (κ2) is 8.70. The van der Waals surface area contributed by atoms with Crippen LogP contribution in [-0.4, -0.2) is 0 Å². The van der Waals surface area contributed by atoms with Crippen molar-refractivity contribution in [1.29, 1.82) is 0 Å². The van der Waals surface area contributed by atoms with Gasteiger partial charge in [-0.05, 0) is 130 Å². The van der Waals surface area contributed by atoms with Crippen LogP contribution in [0.4, 0.5) is 0 Å². The first-order valence-electron chi connectivity index (χ1n) is 15.2. The van der Waals surface area contributed by atoms with Crippen molar-refractivity contribution in [1.82, 2.24) is 0 Å². The molecule has 0 saturated heterocycles. The lowest BCUT2D eigenvalue weighted by Crippen LogP contribution is -2.26. The van der Waals surface area contributed by atoms with Crippen molar-refractivity contribution in [3.05, 3.63) is 106 Å². The van der Waals surface area contributed by atoms with Crippen LogP contribution in [0.3, 0.4) is 0 Å². The monoisotopic (exact) mass is 496 g/mol. The Kier molecular flexibility index (Phi) is 5.49. The SMILES string of the molecule is CCC1(CC)c2ccccc2-c2cc3c(cc21)C(CC)(CC)c1cc(-c2cccc4c2CCCC4)ccc1-3. The largest absolute Gasteiger partial charge is 0.0642 e. The Bertz CT molecular complexity index is 1560. The van der Waals surface area contributed by atoms with E-state index < -0.39 is 0 Å². The molecule has 192 valence electrons. The molecule has 0 fully saturated rings. The molecular formula is C38H40. The maximum atomic E-state index is 2.66. The summed E-state index contributed by atoms with van der Waals surface area (Å²) in [6.07, 6.45) is 9.66. The van der Waals surface area contributed by atoms with Gasteiger partial charge in [0.1, 0.15) is 0 Å². The summed E-state index contributed by atoms with van der Waals surface area (Å²) >= 11 is 0. The van der Waals surface area contributed by atoms with Gasteiger partial charge in [-0.1, -0.05) is 88.4 Å². The van der Waals surface area contributed by atoms with Gasteiger partial charge in [-0.25, -0.2) is 0 Å². The smallest absolute Gasteiger partial charge is 0.0210 e. The molecule has 0 saturated carbocycles. The minimum atomic E-state index is 0.0759. The molecule has 4 aromatic carbocycles. The molecule has 0 heteroatoms. The predicted octanol–water partition coefficient (Wildman–Crippen LogP) is 10.4. The number of benzene rings is 4. The third-order valence-corrected chi connectivity index (χ3v) is 10.9. The third kappa shape index (κ3) is 2.98. The maximum absolute atomic E-state index is 2.66. The summed E-state index contributed by atoms with van der Waals surface area (Å²) in [5.41, 5.74) is 18.3. The fraction of sp³-hybridized carbons (Fsp3) is 0.368. The highest BCUT2D eigenvalue weighted by molar-refractivity contribution is 5.91. The summed E-state index contributed by atoms with van der Waals surface area (Å²) in [5, 5.41) is 0. The van der Waals surface area contributed by atoms with E-state index in [-0.39, 0.29) is 10.8 Å². The molecule has 0 nitrogen and oxygen atoms in total. The van der Waals surface area contributed by atoms with E-state index in [1.165, 1.54) is 64.6 Å². The molecule has 0 spiro atoms. The molecule has 3 aliphatic rings. The van der Waals surface area contributed by atoms with Crippen molar-refractivity contribution < 1.29 is 0 Å². The zero-order valence-corrected chi connectivity index (χ0v) is 23.6. The fourth-order valence-electron chi connectivity index (χ4n) is 8.68. The molecule has 0 heterocycles. The first-order valence-corrected chi connectivity index (χ1v) is 15.2. The van der Waals surface area contributed by atoms with Gasteiger partial charge < -0.3 is 0 Å². The number of hydrogen-bond acceptors (Lipinski definition) is 0. The molecule has 0 aromatic heterocycles. The van der Waals surface area contributed by atoms with Gasteiger partial charge in [0.25, 0.3) is 0 Å². The Labute approximate surface area is 229 Å². The van der Waals surface area contributed by atoms with Crippen molar-refractivity contribution in [3.8, 4) is 33.4 Å². The van der Waals surface area contributed by atoms with Crippen LogP contribution < -0.4 is 0 Å². The number of rotatable bonds is 5. The van der Waals surface area contributed by atoms with Gasteiger partial charge in [-0.3, -0.25) is 0 Å². The first-order chi connectivity index (χ1) is 18.6. The summed E-state index contributed by atoms with van der Waals surface area (Å²) in [5.74, 6) is 0. The highest BCUT2D eigenvalue weighted by atomic mass is 14.5. The molecule has 0 N–H and O–H groups in total. The van der Waals surface area contributed by atoms with Crippen LogP contribution in [0.15, 0.2) is 72.8 Å². The van der Waals surface area contributed by atoms with Crippen molar-refractivity contribution in [2.45, 2.75) is 89.9 Å². The van der Waals surface area contributed by atoms with Gasteiger partial charge in [0, 0.05) is 10.8 Å². The van der Waals surface area contributed by atoms with Gasteiger partial charge in [0.05, 0.1) is 0 Å². The standard InChI is InChI=1S/C38H40/c1-5-37(6-2)33-19-12-11-17-29(33)31-23-32-30-21-20-26(28-18-13-15-25-14-9-10-16-27(25)28)22-34(30)38(7-3,8-4)36(32)24-35(31)37/h11-13,15,17-24H,5-10,14,16H2,1-4H3. The molecule has 0 amide bonds. The van der Waals surface area contributed by atoms with E-state index in [0.29, 0.717) is 0 Å². The zero-order valence-electron chi connectivity index (χ0n) is 23.6. The molecule has 0 atom stereocenters. The highest BCUT2D eigenvalue weighted by Gasteiger charge is 2.46. The van der Waals surface area contributed by atoms with Crippen molar-refractivity contribution >= 4 is 0 Å². The quantitative estimate of drug-likeness (QED) is 0.258. The van der Waals surface area contributed by atoms with Crippen molar-refractivity contribution in [3.63, 3.8) is 0 Å². The van der Waals surface area contributed by atoms with E-state index >= 15 is 0 Å². The Morgan fingerprint density at radius 3 is 1.84 bits per heavy atom. The minimum absolute atomic E-state index is 0.0759. The number of aryl methyl sites for hydroxylation is 1. The average molecular weight is 497 g/mol. The van der Waals surface area contributed by atoms with Crippen molar-refractivity contribution in [2.24, 2.45) is 0 Å². The van der Waals surface area contributed by atoms with Gasteiger partial charge in [0.2, 0.25) is 0 Å². The summed E-state index contributed by atoms with van der Waals surface area (Å²) in [7, 11) is 0. The number of fused-ring (bicyclic) bond motifs is 7. The van der Waals surface area contributed by atoms with Gasteiger partial charge in [0.15, 0.2) is 0 Å². The van der Waals surface area contributed by atoms with Crippen LogP contribution in [0.2, 0.25) is 0 Å². The van der Waals surface area contributed by atoms with Crippen LogP contribution in [-0.2, 0) is 23.7 Å². The van der Waals surface area contributed by atoms with Gasteiger partial charge in [-0.2, -0.15) is 0 Å². The van der Waals surface area contributed by atoms with Gasteiger partial charge in [-0.15, -0.1) is 0 Å². The van der Waals surface area contributed by atoms with E-state index in [4.69, 9.17) is 0 Å². The van der Waals surface area contributed by atoms with Gasteiger partial charge >= 0.3 is 0 Å². The predicted molar refractivity (Wildman–Crippen MR) is 162 cm³/mol. The molecule has 0 bridgehead atoms. The Morgan fingerprint density at radius 1 is 0.500 bits per heavy atom. The number of hydrogen-bond donors (Lipinski definition) is 0. The highest BCUT2D eigenvalue weighted by Crippen LogP contribution is 2.59. The van der Waals surface area contributed by atoms with Crippen LogP contribution in [0, 0.1) is 0 Å². The Balaban J connectivity index is 1.46. The van der Waals surface area contributed by atoms with E-state index in [1.54, 1.807) is 27.8 Å². The van der Waals surface area contributed by atoms with E-state index in [2.05, 4.69) is 100 Å². The Hall–Kier alpha value is -3.12. The first kappa shape index (κ1) is 24.0. The van der Waals surface area contributed by atoms with E-state index in [0.717, 1.165) is 25.7 Å². The summed E-state index contributed by atoms with van der Waals surface area (Å²) in [6.45, 7) is 9.59. The lowest BCUT2D eigenvalue weighted by Gasteiger charge is -2.33. The maximum Gasteiger partial charge on any atom is 0.0210 e. The molecule has 3 aliphatic carbocycles. The van der Waals surface area contributed by atoms with Crippen LogP contribution in [0.25, 0.3) is 33.4 Å². The van der Waals surface area contributed by atoms with Crippen LogP contribution in [0.1, 0.15) is 99.6 Å². The molecule has 0 aliphatic heterocycles. The summed E-state index contributed by atoms with van der Waals surface area (Å²) < 4.78 is 0. The lowest BCUT2D eigenvalue weighted by atomic mass is 9.70. The third-order valence-electron chi connectivity index (χ3n) is 10.9. The lowest BCUT2D eigenvalue weighted by molar-refractivity contribution is 0.476. The molecule has 0 unspecified atom stereocenters. The summed E-state index contributed by atoms with van der Waals surface area (Å²) in [6, 6.07) is 28.9. The fourth-order valence-corrected chi connectivity index (χ4v) is 8.68. The molecule has 0 radical (unpaired) electrons. The molecule has 38 heavy (non-hydrogen) atoms. The second-order valence-electron chi connectivity index (χ2n) is 12.0. The molecule has 7 rings (SSSR count). The normalized spacial score (nSPS) is 17.4. The van der Waals surface area contributed by atoms with Crippen LogP contribution >= 0.6 is 0 Å². The topological polar surface area (TPSA) is 0 Å². The second-order valence-corrected chi connectivity index (χ2v) is 12.0. The average Bonchev–Trinajstić information content (AvgIpc) is 3.42. The minimum Gasteiger partial charge on any atom is -0.0642 e. The van der Waals surface area contributed by atoms with Crippen molar-refractivity contribution in [2.75, 3.05) is 0 Å².